The molecule has 0 spiro atoms. The number of hydrogen-bond donors (Lipinski definition) is 1. The number of furan rings is 1. The molecule has 0 saturated carbocycles. The van der Waals surface area contributed by atoms with E-state index < -0.39 is 5.91 Å². The summed E-state index contributed by atoms with van der Waals surface area (Å²) >= 11 is 5.69. The molecular formula is C19H17ClN2O4. The maximum atomic E-state index is 12.4. The largest absolute Gasteiger partial charge is 0.497 e. The Kier molecular flexibility index (Phi) is 5.43. The van der Waals surface area contributed by atoms with Gasteiger partial charge in [0.25, 0.3) is 5.91 Å². The summed E-state index contributed by atoms with van der Waals surface area (Å²) in [7, 11) is 1.58. The molecule has 1 aromatic heterocycles. The number of rotatable bonds is 5. The molecule has 2 aromatic rings. The minimum atomic E-state index is -0.401. The number of carbonyl (C=O) groups is 2. The SMILES string of the molecule is COc1ccc(C2=C/C(=C\c3ccco3)C(=O)NN2C(=O)CCCl)cc1. The molecule has 0 saturated heterocycles. The quantitative estimate of drug-likeness (QED) is 0.646. The average Bonchev–Trinajstić information content (AvgIpc) is 3.16. The smallest absolute Gasteiger partial charge is 0.270 e. The maximum absolute atomic E-state index is 12.4. The van der Waals surface area contributed by atoms with Crippen molar-refractivity contribution in [1.82, 2.24) is 10.4 Å². The molecule has 2 amide bonds. The summed E-state index contributed by atoms with van der Waals surface area (Å²) in [5, 5.41) is 1.23. The Morgan fingerprint density at radius 3 is 2.69 bits per heavy atom. The number of ether oxygens (including phenoxy) is 1. The van der Waals surface area contributed by atoms with Crippen LogP contribution in [0.2, 0.25) is 0 Å². The van der Waals surface area contributed by atoms with Crippen molar-refractivity contribution in [3.05, 3.63) is 65.6 Å². The normalized spacial score (nSPS) is 15.6. The predicted octanol–water partition coefficient (Wildman–Crippen LogP) is 3.22. The third-order valence-corrected chi connectivity index (χ3v) is 3.98. The van der Waals surface area contributed by atoms with Crippen molar-refractivity contribution in [2.45, 2.75) is 6.42 Å². The number of halogens is 1. The third-order valence-electron chi connectivity index (χ3n) is 3.79. The summed E-state index contributed by atoms with van der Waals surface area (Å²) in [6.07, 6.45) is 4.89. The molecule has 0 fully saturated rings. The van der Waals surface area contributed by atoms with Crippen LogP contribution in [0.25, 0.3) is 11.8 Å². The van der Waals surface area contributed by atoms with Crippen molar-refractivity contribution in [2.24, 2.45) is 0 Å². The van der Waals surface area contributed by atoms with Gasteiger partial charge in [0.2, 0.25) is 5.91 Å². The number of alkyl halides is 1. The van der Waals surface area contributed by atoms with Crippen molar-refractivity contribution in [2.75, 3.05) is 13.0 Å². The highest BCUT2D eigenvalue weighted by molar-refractivity contribution is 6.19. The number of nitrogens with one attached hydrogen (secondary N) is 1. The number of hydrazine groups is 1. The fourth-order valence-electron chi connectivity index (χ4n) is 2.50. The van der Waals surface area contributed by atoms with Gasteiger partial charge in [0.15, 0.2) is 0 Å². The zero-order chi connectivity index (χ0) is 18.5. The lowest BCUT2D eigenvalue weighted by Gasteiger charge is -2.30. The van der Waals surface area contributed by atoms with Crippen molar-refractivity contribution in [1.29, 1.82) is 0 Å². The van der Waals surface area contributed by atoms with E-state index in [-0.39, 0.29) is 18.2 Å². The van der Waals surface area contributed by atoms with Crippen molar-refractivity contribution < 1.29 is 18.7 Å². The second-order valence-electron chi connectivity index (χ2n) is 5.48. The lowest BCUT2D eigenvalue weighted by molar-refractivity contribution is -0.135. The van der Waals surface area contributed by atoms with Gasteiger partial charge < -0.3 is 9.15 Å². The van der Waals surface area contributed by atoms with E-state index in [1.807, 2.05) is 12.1 Å². The molecule has 6 nitrogen and oxygen atoms in total. The van der Waals surface area contributed by atoms with Crippen LogP contribution in [0.3, 0.4) is 0 Å². The second-order valence-corrected chi connectivity index (χ2v) is 5.86. The van der Waals surface area contributed by atoms with Gasteiger partial charge in [-0.3, -0.25) is 15.0 Å². The summed E-state index contributed by atoms with van der Waals surface area (Å²) < 4.78 is 10.4. The number of amides is 2. The second kappa shape index (κ2) is 7.93. The Hall–Kier alpha value is -2.99. The lowest BCUT2D eigenvalue weighted by Crippen LogP contribution is -2.48. The molecule has 26 heavy (non-hydrogen) atoms. The van der Waals surface area contributed by atoms with E-state index in [0.717, 1.165) is 5.56 Å². The molecule has 1 N–H and O–H groups in total. The summed E-state index contributed by atoms with van der Waals surface area (Å²) in [5.74, 6) is 0.699. The molecular weight excluding hydrogens is 356 g/mol. The molecule has 1 aliphatic heterocycles. The van der Waals surface area contributed by atoms with E-state index in [1.165, 1.54) is 11.3 Å². The summed E-state index contributed by atoms with van der Waals surface area (Å²) in [4.78, 5) is 24.8. The Morgan fingerprint density at radius 2 is 2.08 bits per heavy atom. The first-order valence-corrected chi connectivity index (χ1v) is 8.47. The van der Waals surface area contributed by atoms with Gasteiger partial charge >= 0.3 is 0 Å². The van der Waals surface area contributed by atoms with E-state index in [4.69, 9.17) is 20.8 Å². The predicted molar refractivity (Wildman–Crippen MR) is 98.0 cm³/mol. The highest BCUT2D eigenvalue weighted by Crippen LogP contribution is 2.27. The van der Waals surface area contributed by atoms with E-state index in [1.54, 1.807) is 43.5 Å². The average molecular weight is 373 g/mol. The minimum Gasteiger partial charge on any atom is -0.497 e. The molecule has 0 bridgehead atoms. The van der Waals surface area contributed by atoms with Crippen LogP contribution in [0.1, 0.15) is 17.7 Å². The van der Waals surface area contributed by atoms with Crippen LogP contribution in [-0.2, 0) is 9.59 Å². The molecule has 1 aromatic carbocycles. The Morgan fingerprint density at radius 1 is 1.31 bits per heavy atom. The Bertz CT molecular complexity index is 854. The van der Waals surface area contributed by atoms with Gasteiger partial charge in [-0.25, -0.2) is 5.01 Å². The van der Waals surface area contributed by atoms with Crippen molar-refractivity contribution in [3.8, 4) is 5.75 Å². The number of benzene rings is 1. The van der Waals surface area contributed by atoms with Crippen LogP contribution < -0.4 is 10.2 Å². The minimum absolute atomic E-state index is 0.104. The van der Waals surface area contributed by atoms with E-state index in [0.29, 0.717) is 22.8 Å². The first-order chi connectivity index (χ1) is 12.6. The number of hydrogen-bond acceptors (Lipinski definition) is 4. The maximum Gasteiger partial charge on any atom is 0.270 e. The molecule has 0 atom stereocenters. The Balaban J connectivity index is 2.04. The Labute approximate surface area is 155 Å². The monoisotopic (exact) mass is 372 g/mol. The molecule has 134 valence electrons. The number of nitrogens with zero attached hydrogens (tertiary/aromatic N) is 1. The topological polar surface area (TPSA) is 71.8 Å². The van der Waals surface area contributed by atoms with Gasteiger partial charge in [-0.1, -0.05) is 0 Å². The molecule has 0 unspecified atom stereocenters. The van der Waals surface area contributed by atoms with Crippen LogP contribution in [0.15, 0.2) is 58.7 Å². The molecule has 0 aliphatic carbocycles. The highest BCUT2D eigenvalue weighted by Gasteiger charge is 2.27. The fraction of sp³-hybridized carbons (Fsp3) is 0.158. The van der Waals surface area contributed by atoms with Gasteiger partial charge in [-0.2, -0.15) is 0 Å². The lowest BCUT2D eigenvalue weighted by atomic mass is 10.0. The molecule has 0 radical (unpaired) electrons. The van der Waals surface area contributed by atoms with Gasteiger partial charge in [0, 0.05) is 23.4 Å². The van der Waals surface area contributed by atoms with Crippen molar-refractivity contribution >= 4 is 35.2 Å². The summed E-state index contributed by atoms with van der Waals surface area (Å²) in [5.41, 5.74) is 4.28. The zero-order valence-corrected chi connectivity index (χ0v) is 14.8. The molecule has 7 heteroatoms. The fourth-order valence-corrected chi connectivity index (χ4v) is 2.66. The van der Waals surface area contributed by atoms with E-state index in [2.05, 4.69) is 5.43 Å². The van der Waals surface area contributed by atoms with Gasteiger partial charge in [0.1, 0.15) is 11.5 Å². The molecule has 1 aliphatic rings. The van der Waals surface area contributed by atoms with Gasteiger partial charge in [-0.05, 0) is 48.6 Å². The summed E-state index contributed by atoms with van der Waals surface area (Å²) in [6, 6.07) is 10.7. The van der Waals surface area contributed by atoms with Crippen molar-refractivity contribution in [3.63, 3.8) is 0 Å². The number of carbonyl (C=O) groups excluding carboxylic acids is 2. The summed E-state index contributed by atoms with van der Waals surface area (Å²) in [6.45, 7) is 0. The third kappa shape index (κ3) is 3.81. The van der Waals surface area contributed by atoms with E-state index >= 15 is 0 Å². The highest BCUT2D eigenvalue weighted by atomic mass is 35.5. The zero-order valence-electron chi connectivity index (χ0n) is 14.1. The van der Waals surface area contributed by atoms with Crippen LogP contribution in [0, 0.1) is 0 Å². The number of methoxy groups -OCH3 is 1. The van der Waals surface area contributed by atoms with Crippen LogP contribution in [0.5, 0.6) is 5.75 Å². The standard InChI is InChI=1S/C19H17ClN2O4/c1-25-15-6-4-13(5-7-15)17-12-14(11-16-3-2-10-26-16)19(24)21-22(17)18(23)8-9-20/h2-7,10-12H,8-9H2,1H3,(H,21,24)/b14-11+. The van der Waals surface area contributed by atoms with Crippen LogP contribution in [0.4, 0.5) is 0 Å². The first-order valence-electron chi connectivity index (χ1n) is 7.93. The van der Waals surface area contributed by atoms with Gasteiger partial charge in [-0.15, -0.1) is 11.6 Å². The van der Waals surface area contributed by atoms with E-state index in [9.17, 15) is 9.59 Å². The molecule has 2 heterocycles. The first kappa shape index (κ1) is 17.8. The van der Waals surface area contributed by atoms with Crippen LogP contribution >= 0.6 is 11.6 Å². The van der Waals surface area contributed by atoms with Crippen LogP contribution in [-0.4, -0.2) is 29.8 Å². The van der Waals surface area contributed by atoms with Gasteiger partial charge in [0.05, 0.1) is 19.1 Å². The molecule has 3 rings (SSSR count).